The van der Waals surface area contributed by atoms with E-state index < -0.39 is 17.9 Å². The Kier molecular flexibility index (Phi) is 5.48. The lowest BCUT2D eigenvalue weighted by molar-refractivity contribution is -0.139. The van der Waals surface area contributed by atoms with E-state index >= 15 is 0 Å². The zero-order chi connectivity index (χ0) is 20.4. The number of nitrogens with zero attached hydrogens (tertiary/aromatic N) is 3. The quantitative estimate of drug-likeness (QED) is 0.645. The van der Waals surface area contributed by atoms with Gasteiger partial charge in [-0.3, -0.25) is 4.79 Å². The molecule has 0 aromatic carbocycles. The second-order valence-electron chi connectivity index (χ2n) is 7.45. The summed E-state index contributed by atoms with van der Waals surface area (Å²) in [4.78, 5) is 29.2. The van der Waals surface area contributed by atoms with E-state index in [1.165, 1.54) is 6.26 Å². The maximum atomic E-state index is 13.0. The molecule has 3 aromatic heterocycles. The average Bonchev–Trinajstić information content (AvgIpc) is 3.29. The van der Waals surface area contributed by atoms with E-state index in [-0.39, 0.29) is 12.0 Å². The third-order valence-electron chi connectivity index (χ3n) is 4.38. The van der Waals surface area contributed by atoms with Gasteiger partial charge in [-0.15, -0.1) is 0 Å². The van der Waals surface area contributed by atoms with E-state index in [2.05, 4.69) is 15.4 Å². The number of carbonyl (C=O) groups is 2. The summed E-state index contributed by atoms with van der Waals surface area (Å²) in [7, 11) is 0. The van der Waals surface area contributed by atoms with Gasteiger partial charge < -0.3 is 14.8 Å². The summed E-state index contributed by atoms with van der Waals surface area (Å²) in [6.45, 7) is 7.76. The van der Waals surface area contributed by atoms with Crippen molar-refractivity contribution in [3.8, 4) is 11.5 Å². The second-order valence-corrected chi connectivity index (χ2v) is 7.45. The molecule has 0 aliphatic rings. The van der Waals surface area contributed by atoms with Gasteiger partial charge in [0.2, 0.25) is 0 Å². The average molecular weight is 384 g/mol. The number of pyridine rings is 1. The first-order chi connectivity index (χ1) is 13.3. The monoisotopic (exact) mass is 384 g/mol. The predicted molar refractivity (Wildman–Crippen MR) is 104 cm³/mol. The molecule has 3 heterocycles. The molecule has 0 saturated carbocycles. The van der Waals surface area contributed by atoms with E-state index in [9.17, 15) is 14.7 Å². The van der Waals surface area contributed by atoms with Crippen molar-refractivity contribution in [2.24, 2.45) is 5.92 Å². The van der Waals surface area contributed by atoms with E-state index in [1.54, 1.807) is 29.1 Å². The number of aliphatic carboxylic acids is 1. The fourth-order valence-electron chi connectivity index (χ4n) is 3.06. The summed E-state index contributed by atoms with van der Waals surface area (Å²) >= 11 is 0. The van der Waals surface area contributed by atoms with Crippen LogP contribution < -0.4 is 5.32 Å². The fraction of sp³-hybridized carbons (Fsp3) is 0.400. The van der Waals surface area contributed by atoms with Gasteiger partial charge in [-0.1, -0.05) is 13.8 Å². The van der Waals surface area contributed by atoms with Crippen LogP contribution in [0.5, 0.6) is 0 Å². The Morgan fingerprint density at radius 3 is 2.61 bits per heavy atom. The van der Waals surface area contributed by atoms with Gasteiger partial charge in [0.1, 0.15) is 11.7 Å². The Morgan fingerprint density at radius 1 is 1.29 bits per heavy atom. The lowest BCUT2D eigenvalue weighted by Gasteiger charge is -2.17. The van der Waals surface area contributed by atoms with Gasteiger partial charge in [0.25, 0.3) is 5.91 Å². The number of amides is 1. The normalized spacial score (nSPS) is 12.6. The minimum atomic E-state index is -1.06. The van der Waals surface area contributed by atoms with Gasteiger partial charge >= 0.3 is 5.97 Å². The van der Waals surface area contributed by atoms with Crippen LogP contribution in [0.1, 0.15) is 50.5 Å². The number of carboxylic acids is 1. The first-order valence-electron chi connectivity index (χ1n) is 9.23. The van der Waals surface area contributed by atoms with Crippen molar-refractivity contribution in [2.45, 2.75) is 46.2 Å². The number of aromatic nitrogens is 3. The van der Waals surface area contributed by atoms with Gasteiger partial charge in [-0.2, -0.15) is 5.10 Å². The van der Waals surface area contributed by atoms with Crippen molar-refractivity contribution in [3.05, 3.63) is 36.2 Å². The van der Waals surface area contributed by atoms with Crippen molar-refractivity contribution in [3.63, 3.8) is 0 Å². The Balaban J connectivity index is 2.08. The van der Waals surface area contributed by atoms with Gasteiger partial charge in [-0.05, 0) is 44.4 Å². The van der Waals surface area contributed by atoms with Gasteiger partial charge in [0.05, 0.1) is 23.4 Å². The molecular formula is C20H24N4O4. The molecule has 148 valence electrons. The van der Waals surface area contributed by atoms with Gasteiger partial charge in [-0.25, -0.2) is 14.5 Å². The summed E-state index contributed by atoms with van der Waals surface area (Å²) in [6.07, 6.45) is 3.46. The van der Waals surface area contributed by atoms with Crippen LogP contribution in [0.15, 0.2) is 35.1 Å². The highest BCUT2D eigenvalue weighted by atomic mass is 16.4. The molecule has 8 nitrogen and oxygen atoms in total. The van der Waals surface area contributed by atoms with E-state index in [0.29, 0.717) is 34.5 Å². The van der Waals surface area contributed by atoms with E-state index in [4.69, 9.17) is 4.42 Å². The lowest BCUT2D eigenvalue weighted by atomic mass is 10.0. The summed E-state index contributed by atoms with van der Waals surface area (Å²) in [5, 5.41) is 17.0. The molecule has 0 aliphatic carbocycles. The molecular weight excluding hydrogens is 360 g/mol. The topological polar surface area (TPSA) is 110 Å². The summed E-state index contributed by atoms with van der Waals surface area (Å²) in [5.74, 6) is -0.890. The number of hydrogen-bond acceptors (Lipinski definition) is 5. The highest BCUT2D eigenvalue weighted by Crippen LogP contribution is 2.26. The molecule has 1 unspecified atom stereocenters. The molecule has 8 heteroatoms. The molecule has 28 heavy (non-hydrogen) atoms. The maximum absolute atomic E-state index is 13.0. The third-order valence-corrected chi connectivity index (χ3v) is 4.38. The zero-order valence-corrected chi connectivity index (χ0v) is 16.3. The number of carbonyl (C=O) groups excluding carboxylic acids is 1. The summed E-state index contributed by atoms with van der Waals surface area (Å²) < 4.78 is 7.16. The molecule has 0 spiro atoms. The van der Waals surface area contributed by atoms with Crippen molar-refractivity contribution in [1.82, 2.24) is 20.1 Å². The Bertz CT molecular complexity index is 989. The molecule has 3 rings (SSSR count). The molecule has 2 N–H and O–H groups in total. The molecule has 1 atom stereocenters. The largest absolute Gasteiger partial charge is 0.480 e. The molecule has 3 aromatic rings. The van der Waals surface area contributed by atoms with Crippen molar-refractivity contribution >= 4 is 22.9 Å². The first kappa shape index (κ1) is 19.6. The third kappa shape index (κ3) is 3.90. The van der Waals surface area contributed by atoms with Crippen LogP contribution in [0, 0.1) is 5.92 Å². The molecule has 0 fully saturated rings. The predicted octanol–water partition coefficient (Wildman–Crippen LogP) is 3.50. The van der Waals surface area contributed by atoms with Crippen LogP contribution in [0.4, 0.5) is 0 Å². The van der Waals surface area contributed by atoms with E-state index in [0.717, 1.165) is 0 Å². The molecule has 0 radical (unpaired) electrons. The number of hydrogen-bond donors (Lipinski definition) is 2. The van der Waals surface area contributed by atoms with Crippen LogP contribution in [-0.2, 0) is 4.79 Å². The summed E-state index contributed by atoms with van der Waals surface area (Å²) in [6, 6.07) is 4.18. The second kappa shape index (κ2) is 7.84. The Labute approximate surface area is 162 Å². The van der Waals surface area contributed by atoms with Gasteiger partial charge in [0, 0.05) is 6.04 Å². The van der Waals surface area contributed by atoms with E-state index in [1.807, 2.05) is 27.7 Å². The van der Waals surface area contributed by atoms with Crippen LogP contribution in [0.3, 0.4) is 0 Å². The first-order valence-corrected chi connectivity index (χ1v) is 9.23. The minimum absolute atomic E-state index is 0.0421. The van der Waals surface area contributed by atoms with Crippen LogP contribution >= 0.6 is 0 Å². The lowest BCUT2D eigenvalue weighted by Crippen LogP contribution is -2.41. The number of furan rings is 1. The smallest absolute Gasteiger partial charge is 0.326 e. The minimum Gasteiger partial charge on any atom is -0.480 e. The Morgan fingerprint density at radius 2 is 2.04 bits per heavy atom. The van der Waals surface area contributed by atoms with Crippen molar-refractivity contribution in [1.29, 1.82) is 0 Å². The molecule has 0 aliphatic heterocycles. The standard InChI is InChI=1S/C20H24N4O4/c1-11(2)8-16(20(26)27)23-19(25)13-9-15(17-6-5-7-28-17)22-18-14(13)10-21-24(18)12(3)4/h5-7,9-12,16H,8H2,1-4H3,(H,23,25)(H,26,27). The molecule has 0 bridgehead atoms. The molecule has 1 amide bonds. The number of carboxylic acid groups (broad SMARTS) is 1. The fourth-order valence-corrected chi connectivity index (χ4v) is 3.06. The van der Waals surface area contributed by atoms with Crippen molar-refractivity contribution in [2.75, 3.05) is 0 Å². The SMILES string of the molecule is CC(C)CC(NC(=O)c1cc(-c2ccco2)nc2c1cnn2C(C)C)C(=O)O. The van der Waals surface area contributed by atoms with Crippen LogP contribution in [0.2, 0.25) is 0 Å². The zero-order valence-electron chi connectivity index (χ0n) is 16.3. The summed E-state index contributed by atoms with van der Waals surface area (Å²) in [5.41, 5.74) is 1.35. The van der Waals surface area contributed by atoms with Crippen molar-refractivity contribution < 1.29 is 19.1 Å². The number of rotatable bonds is 7. The Hall–Kier alpha value is -3.16. The van der Waals surface area contributed by atoms with Crippen LogP contribution in [0.25, 0.3) is 22.5 Å². The highest BCUT2D eigenvalue weighted by Gasteiger charge is 2.25. The van der Waals surface area contributed by atoms with Crippen LogP contribution in [-0.4, -0.2) is 37.8 Å². The maximum Gasteiger partial charge on any atom is 0.326 e. The van der Waals surface area contributed by atoms with Gasteiger partial charge in [0.15, 0.2) is 11.4 Å². The number of nitrogens with one attached hydrogen (secondary N) is 1. The molecule has 0 saturated heterocycles. The number of fused-ring (bicyclic) bond motifs is 1. The highest BCUT2D eigenvalue weighted by molar-refractivity contribution is 6.07.